The fourth-order valence-corrected chi connectivity index (χ4v) is 2.33. The Hall–Kier alpha value is -1.68. The van der Waals surface area contributed by atoms with Crippen LogP contribution in [0.5, 0.6) is 11.5 Å². The van der Waals surface area contributed by atoms with Crippen LogP contribution < -0.4 is 10.1 Å². The van der Waals surface area contributed by atoms with Crippen LogP contribution in [0.1, 0.15) is 18.1 Å². The summed E-state index contributed by atoms with van der Waals surface area (Å²) >= 11 is 3.58. The van der Waals surface area contributed by atoms with Crippen LogP contribution in [0, 0.1) is 6.92 Å². The van der Waals surface area contributed by atoms with Gasteiger partial charge in [-0.25, -0.2) is 0 Å². The Morgan fingerprint density at radius 2 is 2.05 bits per heavy atom. The molecule has 20 heavy (non-hydrogen) atoms. The van der Waals surface area contributed by atoms with Crippen molar-refractivity contribution in [1.82, 2.24) is 0 Å². The van der Waals surface area contributed by atoms with Gasteiger partial charge in [-0.05, 0) is 59.1 Å². The molecule has 2 N–H and O–H groups in total. The smallest absolute Gasteiger partial charge is 0.161 e. The second-order valence-corrected chi connectivity index (χ2v) is 5.32. The van der Waals surface area contributed by atoms with Gasteiger partial charge in [0.25, 0.3) is 0 Å². The molecule has 0 aliphatic rings. The molecule has 2 rings (SSSR count). The van der Waals surface area contributed by atoms with E-state index in [0.717, 1.165) is 15.7 Å². The Morgan fingerprint density at radius 1 is 1.25 bits per heavy atom. The number of anilines is 1. The minimum Gasteiger partial charge on any atom is -0.504 e. The van der Waals surface area contributed by atoms with Gasteiger partial charge >= 0.3 is 0 Å². The van der Waals surface area contributed by atoms with Crippen molar-refractivity contribution in [3.8, 4) is 11.5 Å². The van der Waals surface area contributed by atoms with Crippen molar-refractivity contribution < 1.29 is 9.84 Å². The number of phenols is 1. The van der Waals surface area contributed by atoms with E-state index in [9.17, 15) is 5.11 Å². The van der Waals surface area contributed by atoms with Crippen LogP contribution in [-0.4, -0.2) is 11.7 Å². The van der Waals surface area contributed by atoms with Crippen molar-refractivity contribution in [2.24, 2.45) is 0 Å². The molecule has 0 bridgehead atoms. The highest BCUT2D eigenvalue weighted by Gasteiger charge is 2.05. The van der Waals surface area contributed by atoms with Gasteiger partial charge in [0.15, 0.2) is 11.5 Å². The fourth-order valence-electron chi connectivity index (χ4n) is 1.92. The molecule has 0 saturated heterocycles. The first-order valence-electron chi connectivity index (χ1n) is 6.55. The van der Waals surface area contributed by atoms with Gasteiger partial charge in [0.05, 0.1) is 6.61 Å². The minimum absolute atomic E-state index is 0.173. The molecule has 0 heterocycles. The van der Waals surface area contributed by atoms with E-state index in [4.69, 9.17) is 4.74 Å². The van der Waals surface area contributed by atoms with Crippen LogP contribution in [0.15, 0.2) is 40.9 Å². The summed E-state index contributed by atoms with van der Waals surface area (Å²) in [5.74, 6) is 0.697. The molecule has 0 aliphatic carbocycles. The van der Waals surface area contributed by atoms with Gasteiger partial charge in [-0.3, -0.25) is 0 Å². The van der Waals surface area contributed by atoms with E-state index in [1.807, 2.05) is 31.2 Å². The number of benzene rings is 2. The standard InChI is InChI=1S/C16H18BrNO2/c1-3-20-15-9-12(7-8-14(15)19)10-18-13-6-4-5-11(2)16(13)17/h4-9,18-19H,3,10H2,1-2H3. The zero-order chi connectivity index (χ0) is 14.5. The van der Waals surface area contributed by atoms with Crippen molar-refractivity contribution in [3.05, 3.63) is 52.0 Å². The van der Waals surface area contributed by atoms with Gasteiger partial charge in [-0.1, -0.05) is 18.2 Å². The topological polar surface area (TPSA) is 41.5 Å². The molecule has 0 radical (unpaired) electrons. The summed E-state index contributed by atoms with van der Waals surface area (Å²) < 4.78 is 6.46. The molecule has 0 saturated carbocycles. The first-order chi connectivity index (χ1) is 9.61. The van der Waals surface area contributed by atoms with Crippen molar-refractivity contribution >= 4 is 21.6 Å². The van der Waals surface area contributed by atoms with Gasteiger partial charge in [-0.2, -0.15) is 0 Å². The molecule has 106 valence electrons. The zero-order valence-electron chi connectivity index (χ0n) is 11.6. The van der Waals surface area contributed by atoms with Crippen LogP contribution in [-0.2, 0) is 6.54 Å². The highest BCUT2D eigenvalue weighted by molar-refractivity contribution is 9.10. The summed E-state index contributed by atoms with van der Waals surface area (Å²) in [4.78, 5) is 0. The van der Waals surface area contributed by atoms with Gasteiger partial charge in [0.2, 0.25) is 0 Å². The molecule has 0 atom stereocenters. The molecule has 0 aromatic heterocycles. The Morgan fingerprint density at radius 3 is 2.80 bits per heavy atom. The van der Waals surface area contributed by atoms with Gasteiger partial charge in [0.1, 0.15) is 0 Å². The normalized spacial score (nSPS) is 10.3. The Labute approximate surface area is 127 Å². The summed E-state index contributed by atoms with van der Waals surface area (Å²) in [6.07, 6.45) is 0. The van der Waals surface area contributed by atoms with E-state index in [2.05, 4.69) is 34.2 Å². The molecular weight excluding hydrogens is 318 g/mol. The van der Waals surface area contributed by atoms with E-state index < -0.39 is 0 Å². The Kier molecular flexibility index (Phi) is 4.90. The highest BCUT2D eigenvalue weighted by Crippen LogP contribution is 2.29. The van der Waals surface area contributed by atoms with Crippen LogP contribution in [0.3, 0.4) is 0 Å². The van der Waals surface area contributed by atoms with E-state index in [-0.39, 0.29) is 5.75 Å². The number of aromatic hydroxyl groups is 1. The molecule has 0 unspecified atom stereocenters. The maximum absolute atomic E-state index is 9.68. The predicted molar refractivity (Wildman–Crippen MR) is 85.5 cm³/mol. The number of hydrogen-bond donors (Lipinski definition) is 2. The molecule has 2 aromatic carbocycles. The van der Waals surface area contributed by atoms with Crippen LogP contribution >= 0.6 is 15.9 Å². The Bertz CT molecular complexity index is 599. The number of rotatable bonds is 5. The lowest BCUT2D eigenvalue weighted by Crippen LogP contribution is -2.01. The second kappa shape index (κ2) is 6.66. The number of aryl methyl sites for hydroxylation is 1. The van der Waals surface area contributed by atoms with E-state index in [1.54, 1.807) is 6.07 Å². The third-order valence-electron chi connectivity index (χ3n) is 3.00. The molecule has 0 spiro atoms. The average Bonchev–Trinajstić information content (AvgIpc) is 2.44. The third-order valence-corrected chi connectivity index (χ3v) is 4.05. The SMILES string of the molecule is CCOc1cc(CNc2cccc(C)c2Br)ccc1O. The van der Waals surface area contributed by atoms with Crippen molar-refractivity contribution in [3.63, 3.8) is 0 Å². The lowest BCUT2D eigenvalue weighted by Gasteiger charge is -2.12. The van der Waals surface area contributed by atoms with E-state index >= 15 is 0 Å². The second-order valence-electron chi connectivity index (χ2n) is 4.53. The molecule has 0 fully saturated rings. The van der Waals surface area contributed by atoms with E-state index in [1.165, 1.54) is 5.56 Å². The molecule has 2 aromatic rings. The predicted octanol–water partition coefficient (Wildman–Crippen LogP) is 4.47. The van der Waals surface area contributed by atoms with Crippen molar-refractivity contribution in [1.29, 1.82) is 0 Å². The van der Waals surface area contributed by atoms with Gasteiger partial charge in [-0.15, -0.1) is 0 Å². The van der Waals surface area contributed by atoms with Crippen LogP contribution in [0.4, 0.5) is 5.69 Å². The third kappa shape index (κ3) is 3.45. The summed E-state index contributed by atoms with van der Waals surface area (Å²) in [7, 11) is 0. The van der Waals surface area contributed by atoms with Gasteiger partial charge < -0.3 is 15.2 Å². The number of hydrogen-bond acceptors (Lipinski definition) is 3. The number of ether oxygens (including phenoxy) is 1. The largest absolute Gasteiger partial charge is 0.504 e. The first kappa shape index (κ1) is 14.7. The van der Waals surface area contributed by atoms with Crippen LogP contribution in [0.25, 0.3) is 0 Å². The summed E-state index contributed by atoms with van der Waals surface area (Å²) in [5.41, 5.74) is 3.30. The summed E-state index contributed by atoms with van der Waals surface area (Å²) in [5, 5.41) is 13.1. The highest BCUT2D eigenvalue weighted by atomic mass is 79.9. The first-order valence-corrected chi connectivity index (χ1v) is 7.34. The lowest BCUT2D eigenvalue weighted by atomic mass is 10.2. The molecular formula is C16H18BrNO2. The van der Waals surface area contributed by atoms with Crippen molar-refractivity contribution in [2.75, 3.05) is 11.9 Å². The average molecular weight is 336 g/mol. The molecule has 0 aliphatic heterocycles. The molecule has 4 heteroatoms. The summed E-state index contributed by atoms with van der Waals surface area (Å²) in [6, 6.07) is 11.5. The molecule has 0 amide bonds. The van der Waals surface area contributed by atoms with E-state index in [0.29, 0.717) is 18.9 Å². The maximum atomic E-state index is 9.68. The lowest BCUT2D eigenvalue weighted by molar-refractivity contribution is 0.318. The number of nitrogens with one attached hydrogen (secondary N) is 1. The zero-order valence-corrected chi connectivity index (χ0v) is 13.2. The van der Waals surface area contributed by atoms with Crippen molar-refractivity contribution in [2.45, 2.75) is 20.4 Å². The van der Waals surface area contributed by atoms with Gasteiger partial charge in [0, 0.05) is 16.7 Å². The number of phenolic OH excluding ortho intramolecular Hbond substituents is 1. The summed E-state index contributed by atoms with van der Waals surface area (Å²) in [6.45, 7) is 5.16. The fraction of sp³-hybridized carbons (Fsp3) is 0.250. The monoisotopic (exact) mass is 335 g/mol. The number of halogens is 1. The van der Waals surface area contributed by atoms with Crippen LogP contribution in [0.2, 0.25) is 0 Å². The quantitative estimate of drug-likeness (QED) is 0.846. The molecule has 3 nitrogen and oxygen atoms in total. The minimum atomic E-state index is 0.173. The Balaban J connectivity index is 2.11. The maximum Gasteiger partial charge on any atom is 0.161 e.